The van der Waals surface area contributed by atoms with Crippen LogP contribution in [-0.2, 0) is 25.9 Å². The van der Waals surface area contributed by atoms with E-state index in [0.29, 0.717) is 0 Å². The molecule has 0 aromatic heterocycles. The van der Waals surface area contributed by atoms with Crippen molar-refractivity contribution in [3.63, 3.8) is 0 Å². The van der Waals surface area contributed by atoms with E-state index in [9.17, 15) is 18.0 Å². The van der Waals surface area contributed by atoms with Crippen molar-refractivity contribution in [1.29, 1.82) is 0 Å². The summed E-state index contributed by atoms with van der Waals surface area (Å²) in [6.45, 7) is 2.09. The number of rotatable bonds is 8. The first-order valence-electron chi connectivity index (χ1n) is 8.74. The molecule has 0 amide bonds. The average Bonchev–Trinajstić information content (AvgIpc) is 2.70. The molecule has 0 spiro atoms. The quantitative estimate of drug-likeness (QED) is 0.676. The maximum atomic E-state index is 12.7. The number of hydrogen-bond acceptors (Lipinski definition) is 6. The molecule has 0 saturated carbocycles. The monoisotopic (exact) mass is 405 g/mol. The first kappa shape index (κ1) is 21.4. The van der Waals surface area contributed by atoms with Gasteiger partial charge in [-0.3, -0.25) is 4.72 Å². The zero-order valence-corrected chi connectivity index (χ0v) is 16.8. The fraction of sp³-hybridized carbons (Fsp3) is 0.300. The van der Waals surface area contributed by atoms with Crippen molar-refractivity contribution in [3.8, 4) is 0 Å². The summed E-state index contributed by atoms with van der Waals surface area (Å²) in [5.41, 5.74) is 1.16. The predicted octanol–water partition coefficient (Wildman–Crippen LogP) is 3.40. The first-order chi connectivity index (χ1) is 13.3. The number of carbonyl (C=O) groups is 2. The molecule has 7 nitrogen and oxygen atoms in total. The number of ether oxygens (including phenoxy) is 2. The second kappa shape index (κ2) is 9.36. The highest BCUT2D eigenvalue weighted by atomic mass is 32.2. The Morgan fingerprint density at radius 2 is 1.46 bits per heavy atom. The number of esters is 2. The fourth-order valence-electron chi connectivity index (χ4n) is 2.59. The topological polar surface area (TPSA) is 98.8 Å². The Morgan fingerprint density at radius 1 is 0.929 bits per heavy atom. The van der Waals surface area contributed by atoms with Crippen LogP contribution in [-0.4, -0.2) is 34.6 Å². The van der Waals surface area contributed by atoms with Crippen molar-refractivity contribution in [1.82, 2.24) is 0 Å². The van der Waals surface area contributed by atoms with Gasteiger partial charge in [-0.25, -0.2) is 18.0 Å². The van der Waals surface area contributed by atoms with Gasteiger partial charge in [0.2, 0.25) is 0 Å². The molecule has 0 heterocycles. The Kier molecular flexibility index (Phi) is 7.17. The molecule has 0 aliphatic heterocycles. The zero-order chi connectivity index (χ0) is 20.7. The van der Waals surface area contributed by atoms with Gasteiger partial charge in [0, 0.05) is 0 Å². The van der Waals surface area contributed by atoms with Gasteiger partial charge in [0.25, 0.3) is 10.0 Å². The molecule has 2 aromatic rings. The summed E-state index contributed by atoms with van der Waals surface area (Å²) in [7, 11) is -1.52. The number of hydrogen-bond donors (Lipinski definition) is 1. The fourth-order valence-corrected chi connectivity index (χ4v) is 3.63. The SMILES string of the molecule is CCCCc1ccc(S(=O)(=O)Nc2cc(C(=O)OC)cc(C(=O)OC)c2)cc1. The van der Waals surface area contributed by atoms with Crippen molar-refractivity contribution < 1.29 is 27.5 Å². The van der Waals surface area contributed by atoms with E-state index < -0.39 is 22.0 Å². The largest absolute Gasteiger partial charge is 0.465 e. The molecular weight excluding hydrogens is 382 g/mol. The van der Waals surface area contributed by atoms with Crippen LogP contribution in [0.1, 0.15) is 46.0 Å². The summed E-state index contributed by atoms with van der Waals surface area (Å²) >= 11 is 0. The third kappa shape index (κ3) is 5.32. The van der Waals surface area contributed by atoms with Gasteiger partial charge in [0.05, 0.1) is 35.9 Å². The van der Waals surface area contributed by atoms with Crippen molar-refractivity contribution in [2.75, 3.05) is 18.9 Å². The maximum Gasteiger partial charge on any atom is 0.337 e. The van der Waals surface area contributed by atoms with Crippen molar-refractivity contribution in [3.05, 3.63) is 59.2 Å². The van der Waals surface area contributed by atoms with E-state index in [0.717, 1.165) is 24.8 Å². The summed E-state index contributed by atoms with van der Waals surface area (Å²) in [5, 5.41) is 0. The Hall–Kier alpha value is -2.87. The zero-order valence-electron chi connectivity index (χ0n) is 16.0. The minimum absolute atomic E-state index is 0.0259. The van der Waals surface area contributed by atoms with Gasteiger partial charge in [0.1, 0.15) is 0 Å². The smallest absolute Gasteiger partial charge is 0.337 e. The highest BCUT2D eigenvalue weighted by Crippen LogP contribution is 2.21. The summed E-state index contributed by atoms with van der Waals surface area (Å²) in [6, 6.07) is 10.5. The van der Waals surface area contributed by atoms with Crippen molar-refractivity contribution >= 4 is 27.6 Å². The number of benzene rings is 2. The minimum Gasteiger partial charge on any atom is -0.465 e. The van der Waals surface area contributed by atoms with Gasteiger partial charge in [-0.05, 0) is 48.7 Å². The Balaban J connectivity index is 2.34. The summed E-state index contributed by atoms with van der Waals surface area (Å²) in [5.74, 6) is -1.40. The van der Waals surface area contributed by atoms with E-state index in [1.54, 1.807) is 12.1 Å². The van der Waals surface area contributed by atoms with E-state index in [-0.39, 0.29) is 21.7 Å². The summed E-state index contributed by atoms with van der Waals surface area (Å²) in [4.78, 5) is 23.8. The molecule has 0 fully saturated rings. The average molecular weight is 405 g/mol. The van der Waals surface area contributed by atoms with Crippen LogP contribution in [0.3, 0.4) is 0 Å². The molecular formula is C20H23NO6S. The number of aryl methyl sites for hydroxylation is 1. The normalized spacial score (nSPS) is 11.0. The van der Waals surface area contributed by atoms with Crippen LogP contribution in [0.2, 0.25) is 0 Å². The Morgan fingerprint density at radius 3 is 1.93 bits per heavy atom. The van der Waals surface area contributed by atoms with Gasteiger partial charge in [0.15, 0.2) is 0 Å². The molecule has 0 aliphatic rings. The lowest BCUT2D eigenvalue weighted by molar-refractivity contribution is 0.0599. The van der Waals surface area contributed by atoms with Crippen LogP contribution < -0.4 is 4.72 Å². The van der Waals surface area contributed by atoms with Crippen LogP contribution in [0, 0.1) is 0 Å². The molecule has 0 unspecified atom stereocenters. The maximum absolute atomic E-state index is 12.7. The van der Waals surface area contributed by atoms with Crippen LogP contribution in [0.25, 0.3) is 0 Å². The number of unbranched alkanes of at least 4 members (excludes halogenated alkanes) is 1. The molecule has 2 rings (SSSR count). The lowest BCUT2D eigenvalue weighted by Gasteiger charge is -2.11. The van der Waals surface area contributed by atoms with Gasteiger partial charge in [-0.1, -0.05) is 25.5 Å². The molecule has 2 aromatic carbocycles. The lowest BCUT2D eigenvalue weighted by atomic mass is 10.1. The van der Waals surface area contributed by atoms with Crippen molar-refractivity contribution in [2.45, 2.75) is 31.1 Å². The highest BCUT2D eigenvalue weighted by Gasteiger charge is 2.18. The number of carbonyl (C=O) groups excluding carboxylic acids is 2. The van der Waals surface area contributed by atoms with Crippen LogP contribution >= 0.6 is 0 Å². The number of sulfonamides is 1. The molecule has 0 aliphatic carbocycles. The van der Waals surface area contributed by atoms with Crippen LogP contribution in [0.5, 0.6) is 0 Å². The standard InChI is InChI=1S/C20H23NO6S/c1-4-5-6-14-7-9-18(10-8-14)28(24,25)21-17-12-15(19(22)26-2)11-16(13-17)20(23)27-3/h7-13,21H,4-6H2,1-3H3. The molecule has 1 N–H and O–H groups in total. The van der Waals surface area contributed by atoms with E-state index in [1.165, 1.54) is 44.6 Å². The Labute approximate surface area is 164 Å². The predicted molar refractivity (Wildman–Crippen MR) is 105 cm³/mol. The third-order valence-electron chi connectivity index (χ3n) is 4.08. The van der Waals surface area contributed by atoms with Gasteiger partial charge >= 0.3 is 11.9 Å². The van der Waals surface area contributed by atoms with E-state index in [2.05, 4.69) is 21.1 Å². The molecule has 0 atom stereocenters. The lowest BCUT2D eigenvalue weighted by Crippen LogP contribution is -2.15. The first-order valence-corrected chi connectivity index (χ1v) is 10.2. The molecule has 28 heavy (non-hydrogen) atoms. The molecule has 8 heteroatoms. The second-order valence-electron chi connectivity index (χ2n) is 6.14. The van der Waals surface area contributed by atoms with E-state index in [1.807, 2.05) is 0 Å². The molecule has 0 radical (unpaired) electrons. The molecule has 0 saturated heterocycles. The van der Waals surface area contributed by atoms with Gasteiger partial charge < -0.3 is 9.47 Å². The van der Waals surface area contributed by atoms with Crippen LogP contribution in [0.15, 0.2) is 47.4 Å². The second-order valence-corrected chi connectivity index (χ2v) is 7.82. The van der Waals surface area contributed by atoms with E-state index in [4.69, 9.17) is 0 Å². The van der Waals surface area contributed by atoms with Gasteiger partial charge in [-0.15, -0.1) is 0 Å². The number of methoxy groups -OCH3 is 2. The van der Waals surface area contributed by atoms with E-state index >= 15 is 0 Å². The molecule has 0 bridgehead atoms. The molecule has 150 valence electrons. The highest BCUT2D eigenvalue weighted by molar-refractivity contribution is 7.92. The summed E-state index contributed by atoms with van der Waals surface area (Å²) in [6.07, 6.45) is 2.97. The third-order valence-corrected chi connectivity index (χ3v) is 5.48. The van der Waals surface area contributed by atoms with Crippen molar-refractivity contribution in [2.24, 2.45) is 0 Å². The van der Waals surface area contributed by atoms with Gasteiger partial charge in [-0.2, -0.15) is 0 Å². The number of nitrogens with one attached hydrogen (secondary N) is 1. The summed E-state index contributed by atoms with van der Waals surface area (Å²) < 4.78 is 37.1. The minimum atomic E-state index is -3.90. The van der Waals surface area contributed by atoms with Crippen LogP contribution in [0.4, 0.5) is 5.69 Å². The number of anilines is 1. The Bertz CT molecular complexity index is 917.